The third-order valence-corrected chi connectivity index (χ3v) is 3.62. The maximum Gasteiger partial charge on any atom is 0.0722 e. The van der Waals surface area contributed by atoms with Crippen LogP contribution in [-0.4, -0.2) is 16.6 Å². The van der Waals surface area contributed by atoms with Crippen LogP contribution in [0.5, 0.6) is 0 Å². The van der Waals surface area contributed by atoms with Crippen LogP contribution in [0.3, 0.4) is 0 Å². The second-order valence-corrected chi connectivity index (χ2v) is 4.31. The highest BCUT2D eigenvalue weighted by atomic mass is 35.5. The molecule has 0 saturated heterocycles. The smallest absolute Gasteiger partial charge is 0.0722 e. The lowest BCUT2D eigenvalue weighted by molar-refractivity contribution is 0.115. The minimum Gasteiger partial charge on any atom is -0.389 e. The van der Waals surface area contributed by atoms with E-state index in [9.17, 15) is 5.11 Å². The van der Waals surface area contributed by atoms with Gasteiger partial charge in [-0.1, -0.05) is 12.8 Å². The van der Waals surface area contributed by atoms with E-state index in [1.807, 2.05) is 0 Å². The van der Waals surface area contributed by atoms with Crippen molar-refractivity contribution in [2.75, 3.05) is 5.88 Å². The number of rotatable bonds is 2. The molecule has 0 radical (unpaired) electrons. The number of fused-ring (bicyclic) bond motifs is 1. The number of hydrogen-bond acceptors (Lipinski definition) is 1. The van der Waals surface area contributed by atoms with Gasteiger partial charge in [0.2, 0.25) is 0 Å². The van der Waals surface area contributed by atoms with E-state index in [1.54, 1.807) is 0 Å². The summed E-state index contributed by atoms with van der Waals surface area (Å²) in [5.41, 5.74) is -0.335. The number of hydrogen-bond donors (Lipinski definition) is 1. The summed E-state index contributed by atoms with van der Waals surface area (Å²) in [5, 5.41) is 10.0. The van der Waals surface area contributed by atoms with Crippen molar-refractivity contribution >= 4 is 11.6 Å². The Kier molecular flexibility index (Phi) is 1.89. The summed E-state index contributed by atoms with van der Waals surface area (Å²) in [5.74, 6) is 1.83. The molecule has 0 heterocycles. The van der Waals surface area contributed by atoms with Crippen molar-refractivity contribution in [1.82, 2.24) is 0 Å². The first-order valence-corrected chi connectivity index (χ1v) is 5.11. The van der Waals surface area contributed by atoms with Gasteiger partial charge in [-0.25, -0.2) is 0 Å². The first kappa shape index (κ1) is 7.88. The molecule has 2 fully saturated rings. The average Bonchev–Trinajstić information content (AvgIpc) is 2.60. The fourth-order valence-electron chi connectivity index (χ4n) is 2.74. The molecule has 64 valence electrons. The van der Waals surface area contributed by atoms with Crippen LogP contribution in [0.4, 0.5) is 0 Å². The van der Waals surface area contributed by atoms with Crippen molar-refractivity contribution in [3.63, 3.8) is 0 Å². The van der Waals surface area contributed by atoms with Crippen LogP contribution < -0.4 is 0 Å². The third kappa shape index (κ3) is 1.09. The molecule has 2 aliphatic carbocycles. The van der Waals surface area contributed by atoms with Crippen LogP contribution in [0.15, 0.2) is 0 Å². The highest BCUT2D eigenvalue weighted by molar-refractivity contribution is 6.17. The summed E-state index contributed by atoms with van der Waals surface area (Å²) in [6, 6.07) is 0. The Bertz CT molecular complexity index is 146. The minimum absolute atomic E-state index is 0.335. The Balaban J connectivity index is 1.97. The Morgan fingerprint density at radius 2 is 1.82 bits per heavy atom. The van der Waals surface area contributed by atoms with Crippen LogP contribution in [0.1, 0.15) is 32.1 Å². The van der Waals surface area contributed by atoms with Crippen molar-refractivity contribution in [3.05, 3.63) is 0 Å². The summed E-state index contributed by atoms with van der Waals surface area (Å²) in [4.78, 5) is 0. The first-order valence-electron chi connectivity index (χ1n) is 4.57. The lowest BCUT2D eigenvalue weighted by atomic mass is 10.0. The zero-order valence-electron chi connectivity index (χ0n) is 6.72. The molecule has 2 rings (SSSR count). The summed E-state index contributed by atoms with van der Waals surface area (Å²) < 4.78 is 0. The van der Waals surface area contributed by atoms with Crippen molar-refractivity contribution in [3.8, 4) is 0 Å². The number of halogens is 1. The van der Waals surface area contributed by atoms with Crippen LogP contribution >= 0.6 is 11.6 Å². The molecule has 2 aliphatic rings. The van der Waals surface area contributed by atoms with Crippen LogP contribution in [0.25, 0.3) is 0 Å². The van der Waals surface area contributed by atoms with Crippen LogP contribution in [0.2, 0.25) is 0 Å². The van der Waals surface area contributed by atoms with Crippen molar-refractivity contribution in [2.24, 2.45) is 11.8 Å². The number of aliphatic hydroxyl groups is 1. The molecule has 1 N–H and O–H groups in total. The number of alkyl halides is 1. The Morgan fingerprint density at radius 1 is 1.27 bits per heavy atom. The van der Waals surface area contributed by atoms with E-state index in [-0.39, 0.29) is 5.60 Å². The van der Waals surface area contributed by atoms with Gasteiger partial charge in [0.25, 0.3) is 0 Å². The highest BCUT2D eigenvalue weighted by Gasteiger charge is 2.62. The van der Waals surface area contributed by atoms with Gasteiger partial charge in [0.1, 0.15) is 0 Å². The van der Waals surface area contributed by atoms with Crippen LogP contribution in [-0.2, 0) is 0 Å². The van der Waals surface area contributed by atoms with E-state index in [2.05, 4.69) is 0 Å². The van der Waals surface area contributed by atoms with Crippen molar-refractivity contribution < 1.29 is 5.11 Å². The van der Waals surface area contributed by atoms with Gasteiger partial charge >= 0.3 is 0 Å². The molecule has 0 aromatic rings. The molecule has 2 unspecified atom stereocenters. The lowest BCUT2D eigenvalue weighted by Gasteiger charge is -2.05. The van der Waals surface area contributed by atoms with Crippen molar-refractivity contribution in [1.29, 1.82) is 0 Å². The normalized spacial score (nSPS) is 48.5. The van der Waals surface area contributed by atoms with E-state index in [4.69, 9.17) is 11.6 Å². The fraction of sp³-hybridized carbons (Fsp3) is 1.00. The fourth-order valence-corrected chi connectivity index (χ4v) is 3.04. The van der Waals surface area contributed by atoms with Gasteiger partial charge < -0.3 is 5.11 Å². The molecule has 2 heteroatoms. The van der Waals surface area contributed by atoms with Gasteiger partial charge in [0, 0.05) is 5.88 Å². The largest absolute Gasteiger partial charge is 0.389 e. The molecule has 0 aromatic heterocycles. The molecule has 0 aliphatic heterocycles. The first-order chi connectivity index (χ1) is 5.29. The topological polar surface area (TPSA) is 20.2 Å². The van der Waals surface area contributed by atoms with E-state index < -0.39 is 0 Å². The predicted molar refractivity (Wildman–Crippen MR) is 45.7 cm³/mol. The summed E-state index contributed by atoms with van der Waals surface area (Å²) in [7, 11) is 0. The maximum absolute atomic E-state index is 10.0. The maximum atomic E-state index is 10.0. The summed E-state index contributed by atoms with van der Waals surface area (Å²) in [6.07, 6.45) is 5.90. The predicted octanol–water partition coefficient (Wildman–Crippen LogP) is 2.17. The third-order valence-electron chi connectivity index (χ3n) is 3.44. The van der Waals surface area contributed by atoms with Gasteiger partial charge in [-0.15, -0.1) is 11.6 Å². The van der Waals surface area contributed by atoms with Gasteiger partial charge in [0.05, 0.1) is 5.60 Å². The van der Waals surface area contributed by atoms with Gasteiger partial charge in [-0.3, -0.25) is 0 Å². The van der Waals surface area contributed by atoms with E-state index in [0.29, 0.717) is 17.7 Å². The van der Waals surface area contributed by atoms with Gasteiger partial charge in [-0.05, 0) is 31.1 Å². The second-order valence-electron chi connectivity index (χ2n) is 3.93. The zero-order valence-corrected chi connectivity index (χ0v) is 7.48. The molecule has 1 nitrogen and oxygen atoms in total. The van der Waals surface area contributed by atoms with Crippen molar-refractivity contribution in [2.45, 2.75) is 37.7 Å². The molecule has 0 amide bonds. The zero-order chi connectivity index (χ0) is 7.90. The van der Waals surface area contributed by atoms with E-state index in [0.717, 1.165) is 6.42 Å². The molecule has 0 spiro atoms. The Hall–Kier alpha value is 0.250. The van der Waals surface area contributed by atoms with E-state index >= 15 is 0 Å². The molecular formula is C9H15ClO. The summed E-state index contributed by atoms with van der Waals surface area (Å²) >= 11 is 5.63. The van der Waals surface area contributed by atoms with Crippen LogP contribution in [0, 0.1) is 11.8 Å². The second kappa shape index (κ2) is 2.63. The Labute approximate surface area is 72.7 Å². The van der Waals surface area contributed by atoms with Gasteiger partial charge in [0.15, 0.2) is 0 Å². The molecule has 0 aromatic carbocycles. The van der Waals surface area contributed by atoms with Gasteiger partial charge in [-0.2, -0.15) is 0 Å². The molecular weight excluding hydrogens is 160 g/mol. The average molecular weight is 175 g/mol. The highest BCUT2D eigenvalue weighted by Crippen LogP contribution is 2.60. The quantitative estimate of drug-likeness (QED) is 0.637. The molecule has 11 heavy (non-hydrogen) atoms. The monoisotopic (exact) mass is 174 g/mol. The SMILES string of the molecule is OC1(CCCl)C2CCCCC21. The lowest BCUT2D eigenvalue weighted by Crippen LogP contribution is -2.13. The molecule has 0 bridgehead atoms. The standard InChI is InChI=1S/C9H15ClO/c10-6-5-9(11)7-3-1-2-4-8(7)9/h7-8,11H,1-6H2. The Morgan fingerprint density at radius 3 is 2.27 bits per heavy atom. The molecule has 2 saturated carbocycles. The van der Waals surface area contributed by atoms with E-state index in [1.165, 1.54) is 25.7 Å². The molecule has 2 atom stereocenters. The minimum atomic E-state index is -0.335. The summed E-state index contributed by atoms with van der Waals surface area (Å²) in [6.45, 7) is 0.